The first kappa shape index (κ1) is 16.4. The predicted molar refractivity (Wildman–Crippen MR) is 70.9 cm³/mol. The average Bonchev–Trinajstić information content (AvgIpc) is 2.38. The summed E-state index contributed by atoms with van der Waals surface area (Å²) in [6.45, 7) is 1.50. The summed E-state index contributed by atoms with van der Waals surface area (Å²) in [5, 5.41) is 8.90. The molecule has 20 heavy (non-hydrogen) atoms. The van der Waals surface area contributed by atoms with Gasteiger partial charge in [0.25, 0.3) is 0 Å². The quantitative estimate of drug-likeness (QED) is 0.798. The van der Waals surface area contributed by atoms with E-state index in [0.29, 0.717) is 6.54 Å². The number of hydrogen-bond donors (Lipinski definition) is 1. The molecule has 0 saturated heterocycles. The number of ether oxygens (including phenoxy) is 1. The minimum atomic E-state index is -2.84. The smallest absolute Gasteiger partial charge is 0.387 e. The fraction of sp³-hybridized carbons (Fsp3) is 0.500. The van der Waals surface area contributed by atoms with Crippen molar-refractivity contribution in [3.8, 4) is 5.75 Å². The molecule has 1 N–H and O–H groups in total. The van der Waals surface area contributed by atoms with Gasteiger partial charge in [0.2, 0.25) is 0 Å². The van der Waals surface area contributed by atoms with Crippen LogP contribution in [-0.4, -0.2) is 35.2 Å². The number of carboxylic acids is 1. The van der Waals surface area contributed by atoms with Crippen LogP contribution < -0.4 is 4.74 Å². The van der Waals surface area contributed by atoms with Crippen LogP contribution in [0.25, 0.3) is 0 Å². The van der Waals surface area contributed by atoms with Gasteiger partial charge in [0.1, 0.15) is 5.75 Å². The van der Waals surface area contributed by atoms with Crippen molar-refractivity contribution in [2.45, 2.75) is 39.5 Å². The Morgan fingerprint density at radius 1 is 1.35 bits per heavy atom. The molecule has 0 aliphatic carbocycles. The fourth-order valence-corrected chi connectivity index (χ4v) is 1.81. The summed E-state index contributed by atoms with van der Waals surface area (Å²) in [4.78, 5) is 12.7. The Bertz CT molecular complexity index is 423. The minimum absolute atomic E-state index is 0.0513. The lowest BCUT2D eigenvalue weighted by atomic mass is 10.1. The SMILES string of the molecule is CCC(C)N(CC(=O)O)Cc1ccc(OC(F)F)cc1. The Morgan fingerprint density at radius 3 is 2.40 bits per heavy atom. The Morgan fingerprint density at radius 2 is 1.95 bits per heavy atom. The Labute approximate surface area is 117 Å². The molecule has 112 valence electrons. The lowest BCUT2D eigenvalue weighted by molar-refractivity contribution is -0.139. The zero-order chi connectivity index (χ0) is 15.1. The zero-order valence-corrected chi connectivity index (χ0v) is 11.6. The number of halogens is 2. The molecule has 0 heterocycles. The third kappa shape index (κ3) is 5.52. The van der Waals surface area contributed by atoms with Crippen molar-refractivity contribution in [2.24, 2.45) is 0 Å². The van der Waals surface area contributed by atoms with Crippen molar-refractivity contribution in [1.29, 1.82) is 0 Å². The molecule has 0 fully saturated rings. The van der Waals surface area contributed by atoms with E-state index in [4.69, 9.17) is 5.11 Å². The number of benzene rings is 1. The second-order valence-electron chi connectivity index (χ2n) is 4.58. The maximum Gasteiger partial charge on any atom is 0.387 e. The van der Waals surface area contributed by atoms with Gasteiger partial charge in [-0.05, 0) is 31.0 Å². The summed E-state index contributed by atoms with van der Waals surface area (Å²) in [7, 11) is 0. The summed E-state index contributed by atoms with van der Waals surface area (Å²) < 4.78 is 28.3. The number of rotatable bonds is 8. The highest BCUT2D eigenvalue weighted by Crippen LogP contribution is 2.17. The maximum absolute atomic E-state index is 12.0. The van der Waals surface area contributed by atoms with Gasteiger partial charge in [-0.1, -0.05) is 19.1 Å². The molecule has 1 aromatic rings. The van der Waals surface area contributed by atoms with E-state index >= 15 is 0 Å². The molecule has 1 aromatic carbocycles. The van der Waals surface area contributed by atoms with Gasteiger partial charge >= 0.3 is 12.6 Å². The minimum Gasteiger partial charge on any atom is -0.480 e. The van der Waals surface area contributed by atoms with Crippen molar-refractivity contribution >= 4 is 5.97 Å². The van der Waals surface area contributed by atoms with Crippen molar-refractivity contribution in [3.63, 3.8) is 0 Å². The first-order valence-electron chi connectivity index (χ1n) is 6.42. The van der Waals surface area contributed by atoms with Crippen molar-refractivity contribution in [1.82, 2.24) is 4.90 Å². The van der Waals surface area contributed by atoms with E-state index in [-0.39, 0.29) is 18.3 Å². The van der Waals surface area contributed by atoms with Crippen LogP contribution in [0.5, 0.6) is 5.75 Å². The Kier molecular flexibility index (Phi) is 6.38. The summed E-state index contributed by atoms with van der Waals surface area (Å²) >= 11 is 0. The van der Waals surface area contributed by atoms with Crippen molar-refractivity contribution < 1.29 is 23.4 Å². The molecular weight excluding hydrogens is 268 g/mol. The number of alkyl halides is 2. The van der Waals surface area contributed by atoms with Gasteiger partial charge in [-0.3, -0.25) is 9.69 Å². The van der Waals surface area contributed by atoms with E-state index in [1.54, 1.807) is 12.1 Å². The van der Waals surface area contributed by atoms with E-state index in [2.05, 4.69) is 4.74 Å². The van der Waals surface area contributed by atoms with Crippen LogP contribution in [0.2, 0.25) is 0 Å². The number of aliphatic carboxylic acids is 1. The van der Waals surface area contributed by atoms with Crippen LogP contribution in [0.3, 0.4) is 0 Å². The molecule has 0 aromatic heterocycles. The summed E-state index contributed by atoms with van der Waals surface area (Å²) in [6.07, 6.45) is 0.833. The van der Waals surface area contributed by atoms with Gasteiger partial charge in [0.05, 0.1) is 6.54 Å². The highest BCUT2D eigenvalue weighted by Gasteiger charge is 2.16. The zero-order valence-electron chi connectivity index (χ0n) is 11.6. The van der Waals surface area contributed by atoms with Crippen LogP contribution in [0.4, 0.5) is 8.78 Å². The van der Waals surface area contributed by atoms with Crippen LogP contribution in [0, 0.1) is 0 Å². The van der Waals surface area contributed by atoms with Crippen LogP contribution in [0.1, 0.15) is 25.8 Å². The molecule has 1 rings (SSSR count). The number of carboxylic acid groups (broad SMARTS) is 1. The summed E-state index contributed by atoms with van der Waals surface area (Å²) in [5.74, 6) is -0.792. The largest absolute Gasteiger partial charge is 0.480 e. The lowest BCUT2D eigenvalue weighted by Crippen LogP contribution is -2.36. The van der Waals surface area contributed by atoms with Crippen molar-refractivity contribution in [2.75, 3.05) is 6.54 Å². The average molecular weight is 287 g/mol. The molecule has 1 atom stereocenters. The first-order valence-corrected chi connectivity index (χ1v) is 6.42. The van der Waals surface area contributed by atoms with E-state index in [1.807, 2.05) is 18.7 Å². The maximum atomic E-state index is 12.0. The molecule has 0 saturated carbocycles. The highest BCUT2D eigenvalue weighted by atomic mass is 19.3. The molecule has 0 radical (unpaired) electrons. The van der Waals surface area contributed by atoms with E-state index in [1.165, 1.54) is 12.1 Å². The van der Waals surface area contributed by atoms with Crippen LogP contribution in [0.15, 0.2) is 24.3 Å². The predicted octanol–water partition coefficient (Wildman–Crippen LogP) is 2.97. The topological polar surface area (TPSA) is 49.8 Å². The normalized spacial score (nSPS) is 12.7. The van der Waals surface area contributed by atoms with Gasteiger partial charge in [-0.25, -0.2) is 0 Å². The van der Waals surface area contributed by atoms with Crippen LogP contribution >= 0.6 is 0 Å². The molecule has 0 aliphatic heterocycles. The molecule has 0 aliphatic rings. The van der Waals surface area contributed by atoms with E-state index in [9.17, 15) is 13.6 Å². The van der Waals surface area contributed by atoms with Gasteiger partial charge < -0.3 is 9.84 Å². The summed E-state index contributed by atoms with van der Waals surface area (Å²) in [6, 6.07) is 6.36. The van der Waals surface area contributed by atoms with E-state index in [0.717, 1.165) is 12.0 Å². The Hall–Kier alpha value is -1.69. The standard InChI is InChI=1S/C14H19F2NO3/c1-3-10(2)17(9-13(18)19)8-11-4-6-12(7-5-11)20-14(15)16/h4-7,10,14H,3,8-9H2,1-2H3,(H,18,19). The number of nitrogens with zero attached hydrogens (tertiary/aromatic N) is 1. The second kappa shape index (κ2) is 7.79. The third-order valence-electron chi connectivity index (χ3n) is 3.09. The molecule has 6 heteroatoms. The monoisotopic (exact) mass is 287 g/mol. The fourth-order valence-electron chi connectivity index (χ4n) is 1.81. The van der Waals surface area contributed by atoms with Crippen LogP contribution in [-0.2, 0) is 11.3 Å². The number of carbonyl (C=O) groups is 1. The van der Waals surface area contributed by atoms with Gasteiger partial charge in [0.15, 0.2) is 0 Å². The molecule has 4 nitrogen and oxygen atoms in total. The Balaban J connectivity index is 2.70. The molecular formula is C14H19F2NO3. The highest BCUT2D eigenvalue weighted by molar-refractivity contribution is 5.69. The van der Waals surface area contributed by atoms with E-state index < -0.39 is 12.6 Å². The molecule has 0 bridgehead atoms. The van der Waals surface area contributed by atoms with Gasteiger partial charge in [-0.15, -0.1) is 0 Å². The third-order valence-corrected chi connectivity index (χ3v) is 3.09. The summed E-state index contributed by atoms with van der Waals surface area (Å²) in [5.41, 5.74) is 0.855. The molecule has 1 unspecified atom stereocenters. The first-order chi connectivity index (χ1) is 9.42. The van der Waals surface area contributed by atoms with Gasteiger partial charge in [-0.2, -0.15) is 8.78 Å². The number of hydrogen-bond acceptors (Lipinski definition) is 3. The van der Waals surface area contributed by atoms with Gasteiger partial charge in [0, 0.05) is 12.6 Å². The lowest BCUT2D eigenvalue weighted by Gasteiger charge is -2.26. The molecule has 0 amide bonds. The molecule has 0 spiro atoms. The second-order valence-corrected chi connectivity index (χ2v) is 4.58. The van der Waals surface area contributed by atoms with Crippen molar-refractivity contribution in [3.05, 3.63) is 29.8 Å².